The molecule has 114 valence electrons. The average Bonchev–Trinajstić information content (AvgIpc) is 2.36. The van der Waals surface area contributed by atoms with E-state index < -0.39 is 17.5 Å². The number of benzene rings is 1. The number of ketones is 1. The smallest absolute Gasteiger partial charge is 0.289 e. The monoisotopic (exact) mass is 360 g/mol. The third kappa shape index (κ3) is 4.19. The van der Waals surface area contributed by atoms with Crippen molar-refractivity contribution in [2.24, 2.45) is 0 Å². The SMILES string of the molecule is O=C(/C1=C/CCCCCC1)c1ccc(Br)cc1C(F)(F)F. The van der Waals surface area contributed by atoms with Crippen LogP contribution in [0.1, 0.15) is 54.4 Å². The van der Waals surface area contributed by atoms with Crippen molar-refractivity contribution in [3.8, 4) is 0 Å². The highest BCUT2D eigenvalue weighted by Crippen LogP contribution is 2.35. The van der Waals surface area contributed by atoms with Gasteiger partial charge < -0.3 is 0 Å². The maximum absolute atomic E-state index is 13.1. The van der Waals surface area contributed by atoms with Gasteiger partial charge in [-0.2, -0.15) is 13.2 Å². The van der Waals surface area contributed by atoms with E-state index in [0.29, 0.717) is 16.5 Å². The number of Topliss-reactive ketones (excluding diaryl/α,β-unsaturated/α-hetero) is 1. The van der Waals surface area contributed by atoms with Crippen molar-refractivity contribution in [2.45, 2.75) is 44.7 Å². The molecule has 0 saturated heterocycles. The van der Waals surface area contributed by atoms with Crippen molar-refractivity contribution in [1.82, 2.24) is 0 Å². The molecule has 2 rings (SSSR count). The van der Waals surface area contributed by atoms with Gasteiger partial charge in [0.15, 0.2) is 5.78 Å². The Morgan fingerprint density at radius 3 is 2.52 bits per heavy atom. The molecule has 5 heteroatoms. The van der Waals surface area contributed by atoms with Crippen LogP contribution in [0.25, 0.3) is 0 Å². The van der Waals surface area contributed by atoms with E-state index in [1.807, 2.05) is 6.08 Å². The van der Waals surface area contributed by atoms with Crippen molar-refractivity contribution < 1.29 is 18.0 Å². The van der Waals surface area contributed by atoms with Crippen LogP contribution in [0.3, 0.4) is 0 Å². The Morgan fingerprint density at radius 1 is 1.10 bits per heavy atom. The molecule has 1 aliphatic rings. The Balaban J connectivity index is 2.38. The highest BCUT2D eigenvalue weighted by molar-refractivity contribution is 9.10. The quantitative estimate of drug-likeness (QED) is 0.597. The van der Waals surface area contributed by atoms with E-state index in [1.165, 1.54) is 12.1 Å². The maximum atomic E-state index is 13.1. The van der Waals surface area contributed by atoms with Crippen LogP contribution in [-0.2, 0) is 6.18 Å². The number of carbonyl (C=O) groups is 1. The Bertz CT molecular complexity index is 561. The van der Waals surface area contributed by atoms with E-state index in [0.717, 1.165) is 38.2 Å². The lowest BCUT2D eigenvalue weighted by Crippen LogP contribution is -2.15. The summed E-state index contributed by atoms with van der Waals surface area (Å²) in [5.41, 5.74) is -0.607. The second-order valence-electron chi connectivity index (χ2n) is 5.20. The molecule has 1 aromatic carbocycles. The van der Waals surface area contributed by atoms with Crippen LogP contribution in [0.15, 0.2) is 34.3 Å². The van der Waals surface area contributed by atoms with E-state index in [2.05, 4.69) is 15.9 Å². The summed E-state index contributed by atoms with van der Waals surface area (Å²) in [5, 5.41) is 0. The zero-order valence-electron chi connectivity index (χ0n) is 11.5. The first-order valence-electron chi connectivity index (χ1n) is 7.00. The van der Waals surface area contributed by atoms with Crippen molar-refractivity contribution in [3.63, 3.8) is 0 Å². The van der Waals surface area contributed by atoms with Crippen LogP contribution in [0.4, 0.5) is 13.2 Å². The predicted octanol–water partition coefficient (Wildman–Crippen LogP) is 5.93. The molecule has 0 aliphatic heterocycles. The zero-order chi connectivity index (χ0) is 15.5. The summed E-state index contributed by atoms with van der Waals surface area (Å²) in [6.07, 6.45) is 2.59. The van der Waals surface area contributed by atoms with Gasteiger partial charge in [0.2, 0.25) is 0 Å². The Hall–Kier alpha value is -1.10. The topological polar surface area (TPSA) is 17.1 Å². The van der Waals surface area contributed by atoms with Crippen LogP contribution in [-0.4, -0.2) is 5.78 Å². The van der Waals surface area contributed by atoms with Gasteiger partial charge in [0.1, 0.15) is 0 Å². The van der Waals surface area contributed by atoms with E-state index in [1.54, 1.807) is 0 Å². The van der Waals surface area contributed by atoms with Crippen molar-refractivity contribution in [1.29, 1.82) is 0 Å². The molecule has 0 spiro atoms. The molecule has 1 nitrogen and oxygen atoms in total. The van der Waals surface area contributed by atoms with Gasteiger partial charge in [-0.15, -0.1) is 0 Å². The molecule has 21 heavy (non-hydrogen) atoms. The van der Waals surface area contributed by atoms with Crippen LogP contribution in [0.5, 0.6) is 0 Å². The minimum absolute atomic E-state index is 0.252. The molecule has 0 amide bonds. The minimum Gasteiger partial charge on any atom is -0.289 e. The fourth-order valence-corrected chi connectivity index (χ4v) is 2.88. The van der Waals surface area contributed by atoms with E-state index in [9.17, 15) is 18.0 Å². The average molecular weight is 361 g/mol. The van der Waals surface area contributed by atoms with Crippen molar-refractivity contribution >= 4 is 21.7 Å². The van der Waals surface area contributed by atoms with Crippen LogP contribution < -0.4 is 0 Å². The normalized spacial score (nSPS) is 19.3. The fourth-order valence-electron chi connectivity index (χ4n) is 2.52. The summed E-state index contributed by atoms with van der Waals surface area (Å²) in [4.78, 5) is 12.5. The number of rotatable bonds is 2. The molecule has 1 aliphatic carbocycles. The van der Waals surface area contributed by atoms with Gasteiger partial charge in [0.25, 0.3) is 0 Å². The number of carbonyl (C=O) groups excluding carboxylic acids is 1. The summed E-state index contributed by atoms with van der Waals surface area (Å²) in [6, 6.07) is 3.71. The van der Waals surface area contributed by atoms with Crippen LogP contribution >= 0.6 is 15.9 Å². The molecular weight excluding hydrogens is 345 g/mol. The number of hydrogen-bond donors (Lipinski definition) is 0. The van der Waals surface area contributed by atoms with Gasteiger partial charge in [-0.3, -0.25) is 4.79 Å². The fraction of sp³-hybridized carbons (Fsp3) is 0.438. The molecule has 0 N–H and O–H groups in total. The summed E-state index contributed by atoms with van der Waals surface area (Å²) < 4.78 is 39.6. The van der Waals surface area contributed by atoms with Crippen molar-refractivity contribution in [2.75, 3.05) is 0 Å². The van der Waals surface area contributed by atoms with Gasteiger partial charge in [0.05, 0.1) is 5.56 Å². The first kappa shape index (κ1) is 16.3. The minimum atomic E-state index is -4.53. The van der Waals surface area contributed by atoms with Crippen molar-refractivity contribution in [3.05, 3.63) is 45.4 Å². The zero-order valence-corrected chi connectivity index (χ0v) is 13.1. The van der Waals surface area contributed by atoms with Gasteiger partial charge in [0, 0.05) is 10.0 Å². The predicted molar refractivity (Wildman–Crippen MR) is 79.3 cm³/mol. The van der Waals surface area contributed by atoms with Gasteiger partial charge in [-0.1, -0.05) is 34.8 Å². The highest BCUT2D eigenvalue weighted by Gasteiger charge is 2.35. The van der Waals surface area contributed by atoms with Crippen LogP contribution in [0, 0.1) is 0 Å². The number of alkyl halides is 3. The molecule has 0 radical (unpaired) electrons. The van der Waals surface area contributed by atoms with E-state index in [4.69, 9.17) is 0 Å². The standard InChI is InChI=1S/C16H16BrF3O/c17-12-8-9-13(14(10-12)16(18,19)20)15(21)11-6-4-2-1-3-5-7-11/h6,8-10H,1-5,7H2/b11-6+. The lowest BCUT2D eigenvalue weighted by molar-refractivity contribution is -0.137. The molecule has 0 bridgehead atoms. The Kier molecular flexibility index (Phi) is 5.25. The maximum Gasteiger partial charge on any atom is 0.417 e. The molecule has 0 aromatic heterocycles. The molecule has 0 unspecified atom stereocenters. The molecule has 1 aromatic rings. The number of hydrogen-bond acceptors (Lipinski definition) is 1. The lowest BCUT2D eigenvalue weighted by Gasteiger charge is -2.15. The highest BCUT2D eigenvalue weighted by atomic mass is 79.9. The summed E-state index contributed by atoms with van der Waals surface area (Å²) in [7, 11) is 0. The number of halogens is 4. The summed E-state index contributed by atoms with van der Waals surface area (Å²) in [5.74, 6) is -0.489. The van der Waals surface area contributed by atoms with Gasteiger partial charge in [-0.05, 0) is 49.5 Å². The number of allylic oxidation sites excluding steroid dienone is 2. The second kappa shape index (κ2) is 6.77. The Morgan fingerprint density at radius 2 is 1.81 bits per heavy atom. The molecule has 0 saturated carbocycles. The molecule has 0 fully saturated rings. The molecule has 0 heterocycles. The third-order valence-electron chi connectivity index (χ3n) is 3.61. The Labute approximate surface area is 130 Å². The first-order chi connectivity index (χ1) is 9.89. The van der Waals surface area contributed by atoms with Gasteiger partial charge in [-0.25, -0.2) is 0 Å². The molecule has 0 atom stereocenters. The van der Waals surface area contributed by atoms with Crippen LogP contribution in [0.2, 0.25) is 0 Å². The summed E-state index contributed by atoms with van der Waals surface area (Å²) in [6.45, 7) is 0. The third-order valence-corrected chi connectivity index (χ3v) is 4.11. The van der Waals surface area contributed by atoms with E-state index in [-0.39, 0.29) is 5.56 Å². The largest absolute Gasteiger partial charge is 0.417 e. The molecular formula is C16H16BrF3O. The summed E-state index contributed by atoms with van der Waals surface area (Å²) >= 11 is 3.03. The van der Waals surface area contributed by atoms with E-state index >= 15 is 0 Å². The van der Waals surface area contributed by atoms with Gasteiger partial charge >= 0.3 is 6.18 Å². The lowest BCUT2D eigenvalue weighted by atomic mass is 9.92. The first-order valence-corrected chi connectivity index (χ1v) is 7.79. The second-order valence-corrected chi connectivity index (χ2v) is 6.11.